The summed E-state index contributed by atoms with van der Waals surface area (Å²) in [5.74, 6) is -0.918. The smallest absolute Gasteiger partial charge is 0.340 e. The van der Waals surface area contributed by atoms with Crippen molar-refractivity contribution in [2.45, 2.75) is 37.4 Å². The molecule has 4 rings (SSSR count). The highest BCUT2D eigenvalue weighted by Crippen LogP contribution is 2.58. The Labute approximate surface area is 175 Å². The van der Waals surface area contributed by atoms with Gasteiger partial charge in [-0.25, -0.2) is 9.97 Å². The molecule has 172 valence electrons. The number of hydrogen-bond donors (Lipinski definition) is 4. The summed E-state index contributed by atoms with van der Waals surface area (Å²) >= 11 is 0. The molecule has 0 amide bonds. The van der Waals surface area contributed by atoms with E-state index in [1.54, 1.807) is 0 Å². The maximum Gasteiger partial charge on any atom is 0.340 e. The molecule has 1 fully saturated rings. The minimum absolute atomic E-state index is 0.136. The third kappa shape index (κ3) is 4.98. The molecule has 0 saturated carbocycles. The third-order valence-electron chi connectivity index (χ3n) is 4.80. The monoisotopic (exact) mass is 480 g/mol. The number of hydrogen-bond acceptors (Lipinski definition) is 11. The van der Waals surface area contributed by atoms with Crippen molar-refractivity contribution in [1.29, 1.82) is 0 Å². The van der Waals surface area contributed by atoms with Gasteiger partial charge in [0.1, 0.15) is 24.6 Å². The molecule has 1 saturated heterocycles. The number of aliphatic hydroxyl groups is 2. The van der Waals surface area contributed by atoms with E-state index in [1.165, 1.54) is 17.2 Å². The maximum atomic E-state index is 12.2. The molecule has 0 radical (unpaired) electrons. The van der Waals surface area contributed by atoms with Crippen LogP contribution in [-0.2, 0) is 22.9 Å². The molecule has 0 aliphatic carbocycles. The number of ether oxygens (including phenoxy) is 2. The van der Waals surface area contributed by atoms with Gasteiger partial charge >= 0.3 is 15.2 Å². The fourth-order valence-electron chi connectivity index (χ4n) is 3.30. The Kier molecular flexibility index (Phi) is 6.46. The Morgan fingerprint density at radius 3 is 2.55 bits per heavy atom. The van der Waals surface area contributed by atoms with Crippen LogP contribution < -0.4 is 4.74 Å². The second-order valence-electron chi connectivity index (χ2n) is 7.15. The Balaban J connectivity index is 1.64. The van der Waals surface area contributed by atoms with Crippen LogP contribution in [0.3, 0.4) is 0 Å². The molecule has 0 aromatic carbocycles. The van der Waals surface area contributed by atoms with Gasteiger partial charge in [0.15, 0.2) is 23.3 Å². The molecule has 6 bridgehead atoms. The average molecular weight is 480 g/mol. The second kappa shape index (κ2) is 8.81. The number of fused-ring (bicyclic) bond motifs is 3. The topological polar surface area (TPSA) is 196 Å². The van der Waals surface area contributed by atoms with Gasteiger partial charge in [0.2, 0.25) is 5.88 Å². The summed E-state index contributed by atoms with van der Waals surface area (Å²) in [5.41, 5.74) is 0.603. The van der Waals surface area contributed by atoms with Crippen LogP contribution in [0.15, 0.2) is 12.7 Å². The van der Waals surface area contributed by atoms with E-state index >= 15 is 0 Å². The van der Waals surface area contributed by atoms with Gasteiger partial charge in [-0.05, 0) is 12.8 Å². The number of imidazole rings is 1. The summed E-state index contributed by atoms with van der Waals surface area (Å²) in [4.78, 5) is 32.2. The Bertz CT molecular complexity index is 1030. The van der Waals surface area contributed by atoms with Crippen LogP contribution in [-0.4, -0.2) is 83.6 Å². The van der Waals surface area contributed by atoms with Gasteiger partial charge in [0.05, 0.1) is 26.1 Å². The minimum atomic E-state index is -4.55. The molecule has 4 N–H and O–H groups in total. The SMILES string of the molecule is O=P1(O)CP(=O)(O)OC[C@H]2O[C@H](C(O)C2O)n2cnc3c(ncnc32)OCCCCO1. The molecular formula is C15H22N4O10P2. The first-order chi connectivity index (χ1) is 14.7. The summed E-state index contributed by atoms with van der Waals surface area (Å²) in [6.07, 6.45) is -1.85. The fourth-order valence-corrected chi connectivity index (χ4v) is 6.55. The molecule has 0 spiro atoms. The van der Waals surface area contributed by atoms with Crippen molar-refractivity contribution >= 4 is 26.4 Å². The summed E-state index contributed by atoms with van der Waals surface area (Å²) in [7, 11) is -8.95. The van der Waals surface area contributed by atoms with E-state index in [9.17, 15) is 29.1 Å². The zero-order chi connectivity index (χ0) is 22.2. The summed E-state index contributed by atoms with van der Waals surface area (Å²) in [6.45, 7) is -0.551. The Hall–Kier alpha value is -1.47. The predicted molar refractivity (Wildman–Crippen MR) is 102 cm³/mol. The van der Waals surface area contributed by atoms with Crippen molar-refractivity contribution in [3.05, 3.63) is 12.7 Å². The van der Waals surface area contributed by atoms with Crippen molar-refractivity contribution < 1.29 is 47.7 Å². The van der Waals surface area contributed by atoms with Crippen molar-refractivity contribution in [3.8, 4) is 5.88 Å². The van der Waals surface area contributed by atoms with Gasteiger partial charge in [0, 0.05) is 0 Å². The summed E-state index contributed by atoms with van der Waals surface area (Å²) < 4.78 is 46.7. The molecule has 2 aliphatic heterocycles. The molecule has 2 aliphatic rings. The molecule has 14 nitrogen and oxygen atoms in total. The lowest BCUT2D eigenvalue weighted by Gasteiger charge is -2.20. The average Bonchev–Trinajstić information content (AvgIpc) is 3.24. The highest BCUT2D eigenvalue weighted by Gasteiger charge is 2.46. The van der Waals surface area contributed by atoms with E-state index in [-0.39, 0.29) is 19.1 Å². The lowest BCUT2D eigenvalue weighted by atomic mass is 10.1. The number of rotatable bonds is 0. The minimum Gasteiger partial charge on any atom is -0.476 e. The van der Waals surface area contributed by atoms with E-state index in [0.717, 1.165) is 0 Å². The molecular weight excluding hydrogens is 458 g/mol. The van der Waals surface area contributed by atoms with Gasteiger partial charge in [-0.2, -0.15) is 4.98 Å². The second-order valence-corrected chi connectivity index (χ2v) is 11.3. The zero-order valence-electron chi connectivity index (χ0n) is 16.1. The standard InChI is InChI=1S/C15H22N4O10P2/c20-11-9-5-28-31(24,25)8-30(22,23)27-4-2-1-3-26-14-10-13(16-6-17-14)19(7-18-10)15(29-9)12(11)21/h6-7,9,11-12,15,20-21H,1-5,8H2,(H,22,23)(H,24,25)/t9-,11?,12?,15-/m1/s1. The lowest BCUT2D eigenvalue weighted by molar-refractivity contribution is -0.0484. The Morgan fingerprint density at radius 2 is 1.74 bits per heavy atom. The summed E-state index contributed by atoms with van der Waals surface area (Å²) in [6, 6.07) is 0. The van der Waals surface area contributed by atoms with Crippen LogP contribution in [0.4, 0.5) is 0 Å². The Morgan fingerprint density at radius 1 is 1.00 bits per heavy atom. The lowest BCUT2D eigenvalue weighted by Crippen LogP contribution is -2.33. The van der Waals surface area contributed by atoms with E-state index in [2.05, 4.69) is 15.0 Å². The van der Waals surface area contributed by atoms with Crippen LogP contribution >= 0.6 is 15.2 Å². The molecule has 4 unspecified atom stereocenters. The predicted octanol–water partition coefficient (Wildman–Crippen LogP) is -0.0204. The van der Waals surface area contributed by atoms with Crippen molar-refractivity contribution in [1.82, 2.24) is 19.5 Å². The number of nitrogens with zero attached hydrogens (tertiary/aromatic N) is 4. The highest BCUT2D eigenvalue weighted by molar-refractivity contribution is 7.70. The number of aliphatic hydroxyl groups excluding tert-OH is 2. The van der Waals surface area contributed by atoms with Crippen LogP contribution in [0.2, 0.25) is 0 Å². The van der Waals surface area contributed by atoms with Gasteiger partial charge in [-0.1, -0.05) is 0 Å². The molecule has 6 atom stereocenters. The third-order valence-corrected chi connectivity index (χ3v) is 8.80. The number of aromatic nitrogens is 4. The van der Waals surface area contributed by atoms with Gasteiger partial charge < -0.3 is 38.5 Å². The van der Waals surface area contributed by atoms with E-state index < -0.39 is 52.2 Å². The highest BCUT2D eigenvalue weighted by atomic mass is 31.2. The van der Waals surface area contributed by atoms with Crippen LogP contribution in [0.1, 0.15) is 19.1 Å². The van der Waals surface area contributed by atoms with Crippen molar-refractivity contribution in [3.63, 3.8) is 0 Å². The first-order valence-electron chi connectivity index (χ1n) is 9.41. The molecule has 16 heteroatoms. The molecule has 31 heavy (non-hydrogen) atoms. The molecule has 4 heterocycles. The fraction of sp³-hybridized carbons (Fsp3) is 0.667. The maximum absolute atomic E-state index is 12.2. The van der Waals surface area contributed by atoms with Gasteiger partial charge in [-0.15, -0.1) is 0 Å². The van der Waals surface area contributed by atoms with E-state index in [4.69, 9.17) is 18.5 Å². The zero-order valence-corrected chi connectivity index (χ0v) is 17.9. The quantitative estimate of drug-likeness (QED) is 0.368. The van der Waals surface area contributed by atoms with Gasteiger partial charge in [-0.3, -0.25) is 13.7 Å². The van der Waals surface area contributed by atoms with Crippen LogP contribution in [0.25, 0.3) is 11.2 Å². The van der Waals surface area contributed by atoms with Crippen molar-refractivity contribution in [2.75, 3.05) is 25.7 Å². The van der Waals surface area contributed by atoms with Gasteiger partial charge in [0.25, 0.3) is 0 Å². The van der Waals surface area contributed by atoms with Crippen LogP contribution in [0.5, 0.6) is 5.88 Å². The van der Waals surface area contributed by atoms with E-state index in [1.807, 2.05) is 0 Å². The van der Waals surface area contributed by atoms with E-state index in [0.29, 0.717) is 24.0 Å². The molecule has 2 aromatic rings. The normalized spacial score (nSPS) is 37.9. The van der Waals surface area contributed by atoms with Crippen molar-refractivity contribution in [2.24, 2.45) is 0 Å². The summed E-state index contributed by atoms with van der Waals surface area (Å²) in [5, 5.41) is 20.8. The largest absolute Gasteiger partial charge is 0.476 e. The first kappa shape index (κ1) is 22.7. The van der Waals surface area contributed by atoms with Crippen LogP contribution in [0, 0.1) is 0 Å². The molecule has 2 aromatic heterocycles. The first-order valence-corrected chi connectivity index (χ1v) is 12.9.